The molecule has 0 bridgehead atoms. The third-order valence-electron chi connectivity index (χ3n) is 2.88. The van der Waals surface area contributed by atoms with Gasteiger partial charge < -0.3 is 10.2 Å². The molecule has 0 amide bonds. The van der Waals surface area contributed by atoms with Crippen molar-refractivity contribution < 1.29 is 0 Å². The van der Waals surface area contributed by atoms with E-state index in [4.69, 9.17) is 0 Å². The highest BCUT2D eigenvalue weighted by Crippen LogP contribution is 2.22. The second kappa shape index (κ2) is 4.54. The first-order valence-corrected chi connectivity index (χ1v) is 5.40. The van der Waals surface area contributed by atoms with Gasteiger partial charge in [-0.3, -0.25) is 0 Å². The lowest BCUT2D eigenvalue weighted by Gasteiger charge is -2.30. The van der Waals surface area contributed by atoms with Crippen molar-refractivity contribution in [2.75, 3.05) is 6.54 Å². The molecule has 2 atom stereocenters. The van der Waals surface area contributed by atoms with E-state index in [-0.39, 0.29) is 0 Å². The first kappa shape index (κ1) is 11.2. The van der Waals surface area contributed by atoms with Crippen molar-refractivity contribution in [3.05, 3.63) is 24.6 Å². The molecule has 1 N–H and O–H groups in total. The minimum atomic E-state index is 0.299. The van der Waals surface area contributed by atoms with E-state index in [9.17, 15) is 0 Å². The number of allylic oxidation sites excluding steroid dienone is 1. The highest BCUT2D eigenvalue weighted by atomic mass is 15.2. The Balaban J connectivity index is 2.51. The normalized spacial score (nSPS) is 23.4. The number of hydrogen-bond acceptors (Lipinski definition) is 2. The van der Waals surface area contributed by atoms with Crippen LogP contribution < -0.4 is 5.32 Å². The monoisotopic (exact) mass is 194 g/mol. The van der Waals surface area contributed by atoms with Crippen molar-refractivity contribution in [2.24, 2.45) is 0 Å². The maximum atomic E-state index is 4.16. The molecule has 2 nitrogen and oxygen atoms in total. The standard InChI is InChI=1S/C12H22N2/c1-9(2)13-11(4)12(5)14-8-6-7-10(14)3/h10-11,13H,1,5-8H2,2-4H3. The molecule has 1 aliphatic rings. The average Bonchev–Trinajstić information content (AvgIpc) is 2.48. The van der Waals surface area contributed by atoms with Gasteiger partial charge in [0.25, 0.3) is 0 Å². The third kappa shape index (κ3) is 2.53. The Bertz CT molecular complexity index is 232. The van der Waals surface area contributed by atoms with Crippen LogP contribution in [0.15, 0.2) is 24.6 Å². The Morgan fingerprint density at radius 2 is 2.14 bits per heavy atom. The summed E-state index contributed by atoms with van der Waals surface area (Å²) in [5, 5.41) is 3.30. The average molecular weight is 194 g/mol. The highest BCUT2D eigenvalue weighted by molar-refractivity contribution is 5.09. The molecule has 0 spiro atoms. The molecule has 0 aromatic heterocycles. The van der Waals surface area contributed by atoms with Crippen molar-refractivity contribution in [3.8, 4) is 0 Å². The molecule has 0 aromatic carbocycles. The molecule has 1 rings (SSSR count). The van der Waals surface area contributed by atoms with Crippen molar-refractivity contribution in [1.29, 1.82) is 0 Å². The van der Waals surface area contributed by atoms with E-state index in [1.165, 1.54) is 18.5 Å². The van der Waals surface area contributed by atoms with Crippen molar-refractivity contribution in [2.45, 2.75) is 45.7 Å². The van der Waals surface area contributed by atoms with Crippen LogP contribution in [-0.4, -0.2) is 23.5 Å². The summed E-state index contributed by atoms with van der Waals surface area (Å²) >= 11 is 0. The summed E-state index contributed by atoms with van der Waals surface area (Å²) in [6.45, 7) is 15.6. The Kier molecular flexibility index (Phi) is 3.62. The quantitative estimate of drug-likeness (QED) is 0.739. The Morgan fingerprint density at radius 1 is 1.50 bits per heavy atom. The zero-order valence-electron chi connectivity index (χ0n) is 9.64. The number of nitrogens with one attached hydrogen (secondary N) is 1. The fraction of sp³-hybridized carbons (Fsp3) is 0.667. The molecule has 0 aromatic rings. The fourth-order valence-corrected chi connectivity index (χ4v) is 2.06. The van der Waals surface area contributed by atoms with Gasteiger partial charge >= 0.3 is 0 Å². The lowest BCUT2D eigenvalue weighted by atomic mass is 10.2. The zero-order valence-corrected chi connectivity index (χ0v) is 9.64. The van der Waals surface area contributed by atoms with Gasteiger partial charge in [-0.15, -0.1) is 0 Å². The van der Waals surface area contributed by atoms with Crippen LogP contribution in [0.2, 0.25) is 0 Å². The summed E-state index contributed by atoms with van der Waals surface area (Å²) in [5.41, 5.74) is 2.20. The molecule has 0 aliphatic carbocycles. The van der Waals surface area contributed by atoms with Crippen LogP contribution in [0, 0.1) is 0 Å². The van der Waals surface area contributed by atoms with Gasteiger partial charge in [0, 0.05) is 24.0 Å². The van der Waals surface area contributed by atoms with E-state index >= 15 is 0 Å². The predicted molar refractivity (Wildman–Crippen MR) is 62.0 cm³/mol. The summed E-state index contributed by atoms with van der Waals surface area (Å²) in [6, 6.07) is 0.949. The minimum Gasteiger partial charge on any atom is -0.381 e. The molecule has 14 heavy (non-hydrogen) atoms. The van der Waals surface area contributed by atoms with Crippen molar-refractivity contribution in [3.63, 3.8) is 0 Å². The van der Waals surface area contributed by atoms with Gasteiger partial charge in [0.05, 0.1) is 6.04 Å². The van der Waals surface area contributed by atoms with Crippen LogP contribution in [0.1, 0.15) is 33.6 Å². The zero-order chi connectivity index (χ0) is 10.7. The van der Waals surface area contributed by atoms with E-state index in [1.54, 1.807) is 0 Å². The summed E-state index contributed by atoms with van der Waals surface area (Å²) < 4.78 is 0. The molecule has 1 heterocycles. The minimum absolute atomic E-state index is 0.299. The Labute approximate surface area is 87.7 Å². The molecule has 1 fully saturated rings. The molecule has 1 aliphatic heterocycles. The van der Waals surface area contributed by atoms with Crippen LogP contribution in [-0.2, 0) is 0 Å². The summed E-state index contributed by atoms with van der Waals surface area (Å²) in [6.07, 6.45) is 2.58. The summed E-state index contributed by atoms with van der Waals surface area (Å²) in [7, 11) is 0. The maximum absolute atomic E-state index is 4.16. The first-order chi connectivity index (χ1) is 6.52. The molecule has 80 valence electrons. The van der Waals surface area contributed by atoms with Gasteiger partial charge in [0.1, 0.15) is 0 Å². The smallest absolute Gasteiger partial charge is 0.0624 e. The maximum Gasteiger partial charge on any atom is 0.0624 e. The molecular formula is C12H22N2. The largest absolute Gasteiger partial charge is 0.381 e. The lowest BCUT2D eigenvalue weighted by molar-refractivity contribution is 0.314. The summed E-state index contributed by atoms with van der Waals surface area (Å²) in [5.74, 6) is 0. The number of hydrogen-bond donors (Lipinski definition) is 1. The predicted octanol–water partition coefficient (Wildman–Crippen LogP) is 2.50. The number of rotatable bonds is 4. The second-order valence-corrected chi connectivity index (χ2v) is 4.32. The molecule has 2 heteroatoms. The molecule has 1 saturated heterocycles. The van der Waals surface area contributed by atoms with Crippen LogP contribution in [0.4, 0.5) is 0 Å². The van der Waals surface area contributed by atoms with Crippen LogP contribution in [0.3, 0.4) is 0 Å². The molecule has 2 unspecified atom stereocenters. The second-order valence-electron chi connectivity index (χ2n) is 4.32. The van der Waals surface area contributed by atoms with Crippen LogP contribution in [0.25, 0.3) is 0 Å². The Hall–Kier alpha value is -0.920. The van der Waals surface area contributed by atoms with E-state index in [2.05, 4.69) is 37.2 Å². The van der Waals surface area contributed by atoms with Gasteiger partial charge in [-0.05, 0) is 33.6 Å². The van der Waals surface area contributed by atoms with E-state index in [0.717, 1.165) is 12.2 Å². The van der Waals surface area contributed by atoms with Crippen molar-refractivity contribution >= 4 is 0 Å². The van der Waals surface area contributed by atoms with E-state index < -0.39 is 0 Å². The van der Waals surface area contributed by atoms with Crippen molar-refractivity contribution in [1.82, 2.24) is 10.2 Å². The topological polar surface area (TPSA) is 15.3 Å². The highest BCUT2D eigenvalue weighted by Gasteiger charge is 2.23. The third-order valence-corrected chi connectivity index (χ3v) is 2.88. The number of nitrogens with zero attached hydrogens (tertiary/aromatic N) is 1. The van der Waals surface area contributed by atoms with Gasteiger partial charge in [-0.25, -0.2) is 0 Å². The molecular weight excluding hydrogens is 172 g/mol. The van der Waals surface area contributed by atoms with E-state index in [0.29, 0.717) is 12.1 Å². The fourth-order valence-electron chi connectivity index (χ4n) is 2.06. The lowest BCUT2D eigenvalue weighted by Crippen LogP contribution is -2.37. The number of likely N-dealkylation sites (tertiary alicyclic amines) is 1. The van der Waals surface area contributed by atoms with Gasteiger partial charge in [-0.2, -0.15) is 0 Å². The molecule has 0 radical (unpaired) electrons. The SMILES string of the molecule is C=C(C)NC(C)C(=C)N1CCCC1C. The van der Waals surface area contributed by atoms with Gasteiger partial charge in [-0.1, -0.05) is 13.2 Å². The Morgan fingerprint density at radius 3 is 2.57 bits per heavy atom. The van der Waals surface area contributed by atoms with Crippen LogP contribution >= 0.6 is 0 Å². The van der Waals surface area contributed by atoms with Crippen LogP contribution in [0.5, 0.6) is 0 Å². The van der Waals surface area contributed by atoms with Gasteiger partial charge in [0.15, 0.2) is 0 Å². The van der Waals surface area contributed by atoms with E-state index in [1.807, 2.05) is 6.92 Å². The van der Waals surface area contributed by atoms with Gasteiger partial charge in [0.2, 0.25) is 0 Å². The molecule has 0 saturated carbocycles. The summed E-state index contributed by atoms with van der Waals surface area (Å²) in [4.78, 5) is 2.40. The first-order valence-electron chi connectivity index (χ1n) is 5.40.